The highest BCUT2D eigenvalue weighted by molar-refractivity contribution is 9.10. The van der Waals surface area contributed by atoms with Crippen molar-refractivity contribution >= 4 is 15.9 Å². The van der Waals surface area contributed by atoms with Crippen LogP contribution in [0.1, 0.15) is 18.1 Å². The van der Waals surface area contributed by atoms with Crippen LogP contribution in [0.25, 0.3) is 0 Å². The Morgan fingerprint density at radius 3 is 2.43 bits per heavy atom. The van der Waals surface area contributed by atoms with Crippen molar-refractivity contribution in [2.24, 2.45) is 0 Å². The van der Waals surface area contributed by atoms with Crippen LogP contribution in [0.3, 0.4) is 0 Å². The van der Waals surface area contributed by atoms with Crippen LogP contribution >= 0.6 is 15.9 Å². The van der Waals surface area contributed by atoms with Gasteiger partial charge in [0.15, 0.2) is 0 Å². The molecule has 2 aromatic carbocycles. The molecule has 21 heavy (non-hydrogen) atoms. The first kappa shape index (κ1) is 16.0. The fourth-order valence-electron chi connectivity index (χ4n) is 2.16. The van der Waals surface area contributed by atoms with E-state index in [1.807, 2.05) is 24.3 Å². The molecule has 1 unspecified atom stereocenters. The first-order valence-corrected chi connectivity index (χ1v) is 7.68. The van der Waals surface area contributed by atoms with Crippen molar-refractivity contribution in [1.29, 1.82) is 0 Å². The fraction of sp³-hybridized carbons (Fsp3) is 0.294. The summed E-state index contributed by atoms with van der Waals surface area (Å²) < 4.78 is 19.0. The molecule has 4 heteroatoms. The van der Waals surface area contributed by atoms with Crippen molar-refractivity contribution in [3.05, 3.63) is 63.9 Å². The first-order chi connectivity index (χ1) is 10.1. The first-order valence-electron chi connectivity index (χ1n) is 6.88. The van der Waals surface area contributed by atoms with E-state index in [0.717, 1.165) is 28.8 Å². The second-order valence-corrected chi connectivity index (χ2v) is 5.94. The van der Waals surface area contributed by atoms with E-state index in [1.165, 1.54) is 17.7 Å². The van der Waals surface area contributed by atoms with Gasteiger partial charge in [-0.05, 0) is 64.7 Å². The van der Waals surface area contributed by atoms with Gasteiger partial charge in [-0.3, -0.25) is 0 Å². The van der Waals surface area contributed by atoms with Crippen LogP contribution in [-0.2, 0) is 13.0 Å². The van der Waals surface area contributed by atoms with E-state index in [-0.39, 0.29) is 5.82 Å². The van der Waals surface area contributed by atoms with Crippen molar-refractivity contribution in [2.45, 2.75) is 25.9 Å². The second kappa shape index (κ2) is 7.57. The molecule has 2 rings (SSSR count). The molecule has 112 valence electrons. The number of benzene rings is 2. The van der Waals surface area contributed by atoms with E-state index in [9.17, 15) is 4.39 Å². The molecule has 0 aromatic heterocycles. The zero-order chi connectivity index (χ0) is 15.2. The SMILES string of the molecule is COc1ccc(CNC(C)Cc2ccc(F)cc2)cc1Br. The van der Waals surface area contributed by atoms with E-state index >= 15 is 0 Å². The van der Waals surface area contributed by atoms with Gasteiger partial charge in [0.2, 0.25) is 0 Å². The molecule has 0 spiro atoms. The lowest BCUT2D eigenvalue weighted by atomic mass is 10.1. The van der Waals surface area contributed by atoms with Crippen molar-refractivity contribution in [3.8, 4) is 5.75 Å². The number of rotatable bonds is 6. The number of hydrogen-bond donors (Lipinski definition) is 1. The third-order valence-corrected chi connectivity index (χ3v) is 3.95. The summed E-state index contributed by atoms with van der Waals surface area (Å²) in [6.45, 7) is 2.91. The predicted octanol–water partition coefficient (Wildman–Crippen LogP) is 4.32. The Hall–Kier alpha value is -1.39. The van der Waals surface area contributed by atoms with Crippen LogP contribution in [0.2, 0.25) is 0 Å². The maximum atomic E-state index is 12.9. The van der Waals surface area contributed by atoms with Crippen molar-refractivity contribution in [2.75, 3.05) is 7.11 Å². The van der Waals surface area contributed by atoms with E-state index < -0.39 is 0 Å². The number of nitrogens with one attached hydrogen (secondary N) is 1. The van der Waals surface area contributed by atoms with Crippen molar-refractivity contribution in [3.63, 3.8) is 0 Å². The average Bonchev–Trinajstić information content (AvgIpc) is 2.48. The zero-order valence-corrected chi connectivity index (χ0v) is 13.8. The lowest BCUT2D eigenvalue weighted by molar-refractivity contribution is 0.412. The van der Waals surface area contributed by atoms with Crippen LogP contribution in [-0.4, -0.2) is 13.2 Å². The topological polar surface area (TPSA) is 21.3 Å². The van der Waals surface area contributed by atoms with Crippen LogP contribution in [0.4, 0.5) is 4.39 Å². The molecule has 0 aliphatic carbocycles. The Bertz CT molecular complexity index is 586. The normalized spacial score (nSPS) is 12.2. The minimum Gasteiger partial charge on any atom is -0.496 e. The molecule has 1 atom stereocenters. The van der Waals surface area contributed by atoms with Gasteiger partial charge in [0.05, 0.1) is 11.6 Å². The van der Waals surface area contributed by atoms with E-state index in [4.69, 9.17) is 4.74 Å². The lowest BCUT2D eigenvalue weighted by Crippen LogP contribution is -2.27. The highest BCUT2D eigenvalue weighted by Gasteiger charge is 2.05. The number of hydrogen-bond acceptors (Lipinski definition) is 2. The maximum Gasteiger partial charge on any atom is 0.133 e. The Kier molecular flexibility index (Phi) is 5.76. The zero-order valence-electron chi connectivity index (χ0n) is 12.2. The molecule has 2 nitrogen and oxygen atoms in total. The molecule has 0 heterocycles. The van der Waals surface area contributed by atoms with Gasteiger partial charge >= 0.3 is 0 Å². The molecule has 2 aromatic rings. The predicted molar refractivity (Wildman–Crippen MR) is 87.1 cm³/mol. The molecule has 0 amide bonds. The molecule has 0 aliphatic heterocycles. The van der Waals surface area contributed by atoms with E-state index in [1.54, 1.807) is 7.11 Å². The molecule has 1 N–H and O–H groups in total. The van der Waals surface area contributed by atoms with Gasteiger partial charge in [-0.1, -0.05) is 18.2 Å². The van der Waals surface area contributed by atoms with Crippen LogP contribution < -0.4 is 10.1 Å². The summed E-state index contributed by atoms with van der Waals surface area (Å²) in [4.78, 5) is 0. The fourth-order valence-corrected chi connectivity index (χ4v) is 2.75. The maximum absolute atomic E-state index is 12.9. The highest BCUT2D eigenvalue weighted by Crippen LogP contribution is 2.25. The van der Waals surface area contributed by atoms with Gasteiger partial charge in [0.25, 0.3) is 0 Å². The summed E-state index contributed by atoms with van der Waals surface area (Å²) in [7, 11) is 1.66. The molecule has 0 radical (unpaired) electrons. The molecule has 0 saturated carbocycles. The third-order valence-electron chi connectivity index (χ3n) is 3.33. The minimum absolute atomic E-state index is 0.192. The summed E-state index contributed by atoms with van der Waals surface area (Å²) in [6, 6.07) is 13.0. The monoisotopic (exact) mass is 351 g/mol. The lowest BCUT2D eigenvalue weighted by Gasteiger charge is -2.14. The number of halogens is 2. The highest BCUT2D eigenvalue weighted by atomic mass is 79.9. The van der Waals surface area contributed by atoms with Gasteiger partial charge in [0.1, 0.15) is 11.6 Å². The Morgan fingerprint density at radius 2 is 1.81 bits per heavy atom. The van der Waals surface area contributed by atoms with Gasteiger partial charge in [0, 0.05) is 12.6 Å². The Morgan fingerprint density at radius 1 is 1.14 bits per heavy atom. The Labute approximate surface area is 133 Å². The van der Waals surface area contributed by atoms with Gasteiger partial charge in [-0.2, -0.15) is 0 Å². The quantitative estimate of drug-likeness (QED) is 0.836. The molecule has 0 bridgehead atoms. The van der Waals surface area contributed by atoms with Crippen LogP contribution in [0.5, 0.6) is 5.75 Å². The smallest absolute Gasteiger partial charge is 0.133 e. The summed E-state index contributed by atoms with van der Waals surface area (Å²) >= 11 is 3.49. The second-order valence-electron chi connectivity index (χ2n) is 5.08. The molecule has 0 saturated heterocycles. The van der Waals surface area contributed by atoms with E-state index in [2.05, 4.69) is 34.2 Å². The van der Waals surface area contributed by atoms with Crippen LogP contribution in [0.15, 0.2) is 46.9 Å². The summed E-state index contributed by atoms with van der Waals surface area (Å²) in [5, 5.41) is 3.47. The molecule has 0 aliphatic rings. The molecular weight excluding hydrogens is 333 g/mol. The Balaban J connectivity index is 1.87. The number of methoxy groups -OCH3 is 1. The summed E-state index contributed by atoms with van der Waals surface area (Å²) in [6.07, 6.45) is 0.873. The third kappa shape index (κ3) is 4.83. The summed E-state index contributed by atoms with van der Waals surface area (Å²) in [5.74, 6) is 0.639. The largest absolute Gasteiger partial charge is 0.496 e. The molecule has 0 fully saturated rings. The van der Waals surface area contributed by atoms with E-state index in [0.29, 0.717) is 6.04 Å². The van der Waals surface area contributed by atoms with Crippen molar-refractivity contribution in [1.82, 2.24) is 5.32 Å². The van der Waals surface area contributed by atoms with Gasteiger partial charge in [-0.25, -0.2) is 4.39 Å². The van der Waals surface area contributed by atoms with Gasteiger partial charge < -0.3 is 10.1 Å². The standard InChI is InChI=1S/C17H19BrFNO/c1-12(9-13-3-6-15(19)7-4-13)20-11-14-5-8-17(21-2)16(18)10-14/h3-8,10,12,20H,9,11H2,1-2H3. The summed E-state index contributed by atoms with van der Waals surface area (Å²) in [5.41, 5.74) is 2.32. The average molecular weight is 352 g/mol. The number of ether oxygens (including phenoxy) is 1. The molecular formula is C17H19BrFNO. The van der Waals surface area contributed by atoms with Crippen LogP contribution in [0, 0.1) is 5.82 Å². The van der Waals surface area contributed by atoms with Gasteiger partial charge in [-0.15, -0.1) is 0 Å². The van der Waals surface area contributed by atoms with Crippen molar-refractivity contribution < 1.29 is 9.13 Å². The minimum atomic E-state index is -0.192.